The minimum absolute atomic E-state index is 0.0317. The largest absolute Gasteiger partial charge is 0.425 e. The van der Waals surface area contributed by atoms with Crippen LogP contribution in [0, 0.1) is 0 Å². The second kappa shape index (κ2) is 17.2. The lowest BCUT2D eigenvalue weighted by atomic mass is 9.85. The van der Waals surface area contributed by atoms with Crippen LogP contribution in [0.25, 0.3) is 0 Å². The zero-order valence-electron chi connectivity index (χ0n) is 29.0. The number of nitrogens with two attached hydrogens (primary N) is 2. The van der Waals surface area contributed by atoms with E-state index in [1.54, 1.807) is 6.07 Å². The minimum Gasteiger partial charge on any atom is -0.425 e. The molecule has 2 fully saturated rings. The van der Waals surface area contributed by atoms with Gasteiger partial charge in [0.25, 0.3) is 6.43 Å². The second-order valence-corrected chi connectivity index (χ2v) is 12.9. The van der Waals surface area contributed by atoms with Crippen molar-refractivity contribution in [3.8, 4) is 0 Å². The molecule has 5 rings (SSSR count). The molecule has 1 aliphatic heterocycles. The van der Waals surface area contributed by atoms with Crippen molar-refractivity contribution < 1.29 is 43.9 Å². The highest BCUT2D eigenvalue weighted by Gasteiger charge is 2.37. The SMILES string of the molecule is CCC(c1ccc(C(F)F)cc1CN(Cc1cc(C(F)(F)F)cc(C(F)(F)F)c1)/C(N)=N/N(C)N)N1CCC(c2nnc(C3CCC3)o2)CC1.CF. The van der Waals surface area contributed by atoms with Gasteiger partial charge in [0.1, 0.15) is 0 Å². The molecule has 2 heterocycles. The molecule has 52 heavy (non-hydrogen) atoms. The molecule has 2 aromatic carbocycles. The summed E-state index contributed by atoms with van der Waals surface area (Å²) >= 11 is 0. The summed E-state index contributed by atoms with van der Waals surface area (Å²) in [4.78, 5) is 3.43. The molecule has 1 aromatic heterocycles. The molecular weight excluding hydrogens is 707 g/mol. The van der Waals surface area contributed by atoms with Gasteiger partial charge in [0.2, 0.25) is 17.7 Å². The molecule has 1 saturated carbocycles. The first-order valence-corrected chi connectivity index (χ1v) is 16.7. The van der Waals surface area contributed by atoms with Crippen molar-refractivity contribution >= 4 is 5.96 Å². The summed E-state index contributed by atoms with van der Waals surface area (Å²) < 4.78 is 125. The lowest BCUT2D eigenvalue weighted by molar-refractivity contribution is -0.143. The van der Waals surface area contributed by atoms with Crippen LogP contribution < -0.4 is 11.6 Å². The van der Waals surface area contributed by atoms with Gasteiger partial charge in [-0.25, -0.2) is 19.7 Å². The Morgan fingerprint density at radius 1 is 0.904 bits per heavy atom. The number of nitrogens with zero attached hydrogens (tertiary/aromatic N) is 6. The van der Waals surface area contributed by atoms with Crippen LogP contribution >= 0.6 is 0 Å². The monoisotopic (exact) mass is 750 g/mol. The first-order valence-electron chi connectivity index (χ1n) is 16.7. The maximum Gasteiger partial charge on any atom is 0.416 e. The highest BCUT2D eigenvalue weighted by molar-refractivity contribution is 5.78. The van der Waals surface area contributed by atoms with Crippen LogP contribution in [-0.2, 0) is 25.4 Å². The Morgan fingerprint density at radius 3 is 1.92 bits per heavy atom. The lowest BCUT2D eigenvalue weighted by Gasteiger charge is -2.38. The maximum absolute atomic E-state index is 14.0. The molecule has 0 spiro atoms. The number of likely N-dealkylation sites (tertiary alicyclic amines) is 1. The van der Waals surface area contributed by atoms with Gasteiger partial charge in [0.15, 0.2) is 0 Å². The van der Waals surface area contributed by atoms with E-state index in [-0.39, 0.29) is 41.7 Å². The van der Waals surface area contributed by atoms with Gasteiger partial charge in [-0.3, -0.25) is 9.29 Å². The van der Waals surface area contributed by atoms with E-state index >= 15 is 0 Å². The molecule has 0 amide bonds. The zero-order chi connectivity index (χ0) is 38.4. The summed E-state index contributed by atoms with van der Waals surface area (Å²) in [7, 11) is 1.82. The van der Waals surface area contributed by atoms with Crippen LogP contribution in [0.3, 0.4) is 0 Å². The predicted molar refractivity (Wildman–Crippen MR) is 175 cm³/mol. The molecule has 3 aromatic rings. The molecule has 288 valence electrons. The van der Waals surface area contributed by atoms with E-state index in [4.69, 9.17) is 16.0 Å². The van der Waals surface area contributed by atoms with E-state index in [0.717, 1.165) is 37.2 Å². The highest BCUT2D eigenvalue weighted by atomic mass is 19.4. The number of hydrazone groups is 1. The Morgan fingerprint density at radius 2 is 1.46 bits per heavy atom. The van der Waals surface area contributed by atoms with Gasteiger partial charge in [-0.1, -0.05) is 25.5 Å². The molecule has 1 unspecified atom stereocenters. The number of benzene rings is 2. The first-order chi connectivity index (χ1) is 24.5. The molecule has 18 heteroatoms. The molecule has 1 saturated heterocycles. The zero-order valence-corrected chi connectivity index (χ0v) is 29.0. The summed E-state index contributed by atoms with van der Waals surface area (Å²) in [6.45, 7) is 2.38. The van der Waals surface area contributed by atoms with Crippen LogP contribution in [0.4, 0.5) is 39.5 Å². The highest BCUT2D eigenvalue weighted by Crippen LogP contribution is 2.40. The van der Waals surface area contributed by atoms with Gasteiger partial charge >= 0.3 is 12.4 Å². The molecule has 0 bridgehead atoms. The lowest BCUT2D eigenvalue weighted by Crippen LogP contribution is -2.40. The normalized spacial score (nSPS) is 17.1. The van der Waals surface area contributed by atoms with Crippen LogP contribution in [0.5, 0.6) is 0 Å². The number of aromatic nitrogens is 2. The van der Waals surface area contributed by atoms with E-state index in [1.807, 2.05) is 6.92 Å². The van der Waals surface area contributed by atoms with Gasteiger partial charge in [-0.15, -0.1) is 15.3 Å². The van der Waals surface area contributed by atoms with Gasteiger partial charge in [0.05, 0.1) is 18.3 Å². The number of hydrazine groups is 1. The summed E-state index contributed by atoms with van der Waals surface area (Å²) in [5.74, 6) is 6.97. The molecule has 9 nitrogen and oxygen atoms in total. The van der Waals surface area contributed by atoms with Crippen LogP contribution in [0.1, 0.15) is 115 Å². The minimum atomic E-state index is -5.07. The van der Waals surface area contributed by atoms with Crippen molar-refractivity contribution in [2.24, 2.45) is 16.7 Å². The van der Waals surface area contributed by atoms with E-state index in [2.05, 4.69) is 20.2 Å². The fraction of sp³-hybridized carbons (Fsp3) is 0.559. The average molecular weight is 751 g/mol. The average Bonchev–Trinajstić information content (AvgIpc) is 3.54. The van der Waals surface area contributed by atoms with E-state index in [0.29, 0.717) is 67.6 Å². The quantitative estimate of drug-likeness (QED) is 0.0663. The van der Waals surface area contributed by atoms with Crippen LogP contribution in [-0.4, -0.2) is 58.4 Å². The third-order valence-corrected chi connectivity index (χ3v) is 9.36. The van der Waals surface area contributed by atoms with Crippen molar-refractivity contribution in [2.75, 3.05) is 27.3 Å². The molecule has 1 atom stereocenters. The summed E-state index contributed by atoms with van der Waals surface area (Å²) in [5, 5.41) is 13.3. The smallest absolute Gasteiger partial charge is 0.416 e. The Kier molecular flexibility index (Phi) is 13.4. The van der Waals surface area contributed by atoms with Crippen molar-refractivity contribution in [1.82, 2.24) is 25.1 Å². The Bertz CT molecular complexity index is 1600. The summed E-state index contributed by atoms with van der Waals surface area (Å²) in [6.07, 6.45) is -7.74. The predicted octanol–water partition coefficient (Wildman–Crippen LogP) is 8.27. The third-order valence-electron chi connectivity index (χ3n) is 9.36. The standard InChI is InChI=1S/C33H40F8N8O.CH3F/c1-3-27(48-11-9-21(10-12-48)30-45-44-29(50-30)20-5-4-6-20)26-8-7-22(28(34)35)15-23(26)18-49(31(42)46-47(2)43)17-19-13-24(32(36,37)38)16-25(14-19)33(39,40)41;1-2/h7-8,13-16,20-21,27-28H,3-6,9-12,17-18,43H2,1-2H3,(H2,42,46);1H3. The second-order valence-electron chi connectivity index (χ2n) is 12.9. The number of hydrogen-bond donors (Lipinski definition) is 2. The molecule has 0 radical (unpaired) electrons. The van der Waals surface area contributed by atoms with Gasteiger partial charge in [-0.2, -0.15) is 26.3 Å². The fourth-order valence-electron chi connectivity index (χ4n) is 6.57. The Labute approximate surface area is 295 Å². The topological polar surface area (TPSA) is 113 Å². The van der Waals surface area contributed by atoms with Crippen molar-refractivity contribution in [2.45, 2.75) is 95.2 Å². The maximum atomic E-state index is 14.0. The number of guanidine groups is 1. The Hall–Kier alpha value is -4.06. The number of piperidine rings is 1. The van der Waals surface area contributed by atoms with E-state index in [1.165, 1.54) is 24.1 Å². The summed E-state index contributed by atoms with van der Waals surface area (Å²) in [5.41, 5.74) is 3.56. The van der Waals surface area contributed by atoms with Crippen molar-refractivity contribution in [1.29, 1.82) is 0 Å². The van der Waals surface area contributed by atoms with Gasteiger partial charge < -0.3 is 15.1 Å². The molecule has 1 aliphatic carbocycles. The van der Waals surface area contributed by atoms with Crippen LogP contribution in [0.2, 0.25) is 0 Å². The number of halogens is 9. The van der Waals surface area contributed by atoms with Crippen LogP contribution in [0.15, 0.2) is 45.9 Å². The van der Waals surface area contributed by atoms with Gasteiger partial charge in [0, 0.05) is 43.6 Å². The fourth-order valence-corrected chi connectivity index (χ4v) is 6.57. The Balaban J connectivity index is 0.00000297. The first kappa shape index (κ1) is 40.7. The summed E-state index contributed by atoms with van der Waals surface area (Å²) in [6, 6.07) is 5.16. The van der Waals surface area contributed by atoms with E-state index < -0.39 is 36.4 Å². The van der Waals surface area contributed by atoms with Crippen molar-refractivity contribution in [3.05, 3.63) is 81.6 Å². The van der Waals surface area contributed by atoms with Gasteiger partial charge in [-0.05, 0) is 86.1 Å². The molecule has 4 N–H and O–H groups in total. The molecule has 2 aliphatic rings. The number of rotatable bonds is 11. The number of hydrogen-bond acceptors (Lipinski definition) is 7. The molecular formula is C34H43F9N8O. The number of alkyl halides is 9. The van der Waals surface area contributed by atoms with E-state index in [9.17, 15) is 39.5 Å². The van der Waals surface area contributed by atoms with Crippen molar-refractivity contribution in [3.63, 3.8) is 0 Å². The third kappa shape index (κ3) is 10.1.